The molecule has 1 aliphatic rings. The van der Waals surface area contributed by atoms with E-state index in [0.29, 0.717) is 0 Å². The van der Waals surface area contributed by atoms with Crippen LogP contribution in [0.25, 0.3) is 0 Å². The van der Waals surface area contributed by atoms with Crippen molar-refractivity contribution in [2.24, 2.45) is 11.1 Å². The molecule has 1 atom stereocenters. The normalized spacial score (nSPS) is 32.1. The molecule has 1 aliphatic carbocycles. The Kier molecular flexibility index (Phi) is 2.99. The lowest BCUT2D eigenvalue weighted by Crippen LogP contribution is -2.58. The molecule has 1 fully saturated rings. The van der Waals surface area contributed by atoms with Gasteiger partial charge in [-0.3, -0.25) is 0 Å². The molecule has 0 aromatic carbocycles. The summed E-state index contributed by atoms with van der Waals surface area (Å²) in [6.07, 6.45) is 4.50. The molecule has 0 spiro atoms. The maximum atomic E-state index is 10.6. The molecule has 2 heteroatoms. The van der Waals surface area contributed by atoms with Crippen molar-refractivity contribution < 1.29 is 5.11 Å². The minimum absolute atomic E-state index is 0.254. The first-order valence-corrected chi connectivity index (χ1v) is 5.80. The van der Waals surface area contributed by atoms with Crippen LogP contribution in [0.5, 0.6) is 0 Å². The summed E-state index contributed by atoms with van der Waals surface area (Å²) in [6, 6.07) is 0. The van der Waals surface area contributed by atoms with Gasteiger partial charge in [0, 0.05) is 5.54 Å². The van der Waals surface area contributed by atoms with E-state index in [1.54, 1.807) is 0 Å². The second-order valence-corrected chi connectivity index (χ2v) is 5.74. The number of nitrogens with two attached hydrogens (primary N) is 1. The lowest BCUT2D eigenvalue weighted by Gasteiger charge is -2.42. The van der Waals surface area contributed by atoms with E-state index in [1.807, 2.05) is 0 Å². The fourth-order valence-corrected chi connectivity index (χ4v) is 2.85. The van der Waals surface area contributed by atoms with Crippen LogP contribution in [0.1, 0.15) is 59.8 Å². The Hall–Kier alpha value is -0.0800. The number of aliphatic hydroxyl groups is 1. The van der Waals surface area contributed by atoms with Gasteiger partial charge in [0.25, 0.3) is 0 Å². The van der Waals surface area contributed by atoms with Gasteiger partial charge in [-0.1, -0.05) is 27.7 Å². The van der Waals surface area contributed by atoms with Crippen LogP contribution < -0.4 is 5.73 Å². The fourth-order valence-electron chi connectivity index (χ4n) is 2.85. The van der Waals surface area contributed by atoms with E-state index >= 15 is 0 Å². The topological polar surface area (TPSA) is 46.2 Å². The van der Waals surface area contributed by atoms with Gasteiger partial charge in [0.05, 0.1) is 5.60 Å². The van der Waals surface area contributed by atoms with E-state index in [1.165, 1.54) is 0 Å². The first-order chi connectivity index (χ1) is 6.29. The molecular weight excluding hydrogens is 174 g/mol. The first kappa shape index (κ1) is 12.0. The third-order valence-corrected chi connectivity index (χ3v) is 4.17. The largest absolute Gasteiger partial charge is 0.388 e. The van der Waals surface area contributed by atoms with Crippen LogP contribution in [-0.2, 0) is 0 Å². The maximum Gasteiger partial charge on any atom is 0.0831 e. The van der Waals surface area contributed by atoms with Gasteiger partial charge >= 0.3 is 0 Å². The monoisotopic (exact) mass is 199 g/mol. The molecule has 0 radical (unpaired) electrons. The Bertz CT molecular complexity index is 208. The molecule has 0 heterocycles. The van der Waals surface area contributed by atoms with Crippen LogP contribution in [0.2, 0.25) is 0 Å². The molecular formula is C12H25NO. The highest BCUT2D eigenvalue weighted by Gasteiger charge is 2.52. The van der Waals surface area contributed by atoms with E-state index in [4.69, 9.17) is 5.73 Å². The standard InChI is InChI=1S/C12H25NO/c1-5-11(13,6-2)12(14)8-7-10(3,4)9-12/h14H,5-9,13H2,1-4H3. The summed E-state index contributed by atoms with van der Waals surface area (Å²) < 4.78 is 0. The van der Waals surface area contributed by atoms with E-state index < -0.39 is 5.60 Å². The van der Waals surface area contributed by atoms with Crippen molar-refractivity contribution in [2.75, 3.05) is 0 Å². The highest BCUT2D eigenvalue weighted by molar-refractivity contribution is 5.08. The fraction of sp³-hybridized carbons (Fsp3) is 1.00. The van der Waals surface area contributed by atoms with Crippen molar-refractivity contribution in [3.8, 4) is 0 Å². The van der Waals surface area contributed by atoms with Gasteiger partial charge in [-0.05, 0) is 37.5 Å². The molecule has 2 nitrogen and oxygen atoms in total. The summed E-state index contributed by atoms with van der Waals surface area (Å²) in [5.74, 6) is 0. The summed E-state index contributed by atoms with van der Waals surface area (Å²) >= 11 is 0. The van der Waals surface area contributed by atoms with Gasteiger partial charge in [0.1, 0.15) is 0 Å². The highest BCUT2D eigenvalue weighted by Crippen LogP contribution is 2.49. The van der Waals surface area contributed by atoms with Crippen molar-refractivity contribution in [1.82, 2.24) is 0 Å². The molecule has 0 aromatic rings. The third kappa shape index (κ3) is 1.82. The van der Waals surface area contributed by atoms with Crippen LogP contribution >= 0.6 is 0 Å². The van der Waals surface area contributed by atoms with E-state index in [0.717, 1.165) is 32.1 Å². The zero-order chi connectivity index (χ0) is 11.0. The molecule has 84 valence electrons. The van der Waals surface area contributed by atoms with Gasteiger partial charge in [-0.2, -0.15) is 0 Å². The van der Waals surface area contributed by atoms with E-state index in [2.05, 4.69) is 27.7 Å². The Morgan fingerprint density at radius 2 is 1.71 bits per heavy atom. The molecule has 3 N–H and O–H groups in total. The van der Waals surface area contributed by atoms with Gasteiger partial charge in [-0.25, -0.2) is 0 Å². The van der Waals surface area contributed by atoms with Gasteiger partial charge in [0.2, 0.25) is 0 Å². The average Bonchev–Trinajstić information content (AvgIpc) is 2.40. The van der Waals surface area contributed by atoms with Crippen molar-refractivity contribution in [2.45, 2.75) is 70.9 Å². The van der Waals surface area contributed by atoms with Crippen LogP contribution in [0.4, 0.5) is 0 Å². The summed E-state index contributed by atoms with van der Waals surface area (Å²) in [4.78, 5) is 0. The lowest BCUT2D eigenvalue weighted by atomic mass is 9.73. The van der Waals surface area contributed by atoms with Crippen molar-refractivity contribution in [3.63, 3.8) is 0 Å². The van der Waals surface area contributed by atoms with Crippen LogP contribution in [0.15, 0.2) is 0 Å². The quantitative estimate of drug-likeness (QED) is 0.733. The maximum absolute atomic E-state index is 10.6. The zero-order valence-electron chi connectivity index (χ0n) is 10.1. The van der Waals surface area contributed by atoms with Crippen LogP contribution in [0, 0.1) is 5.41 Å². The molecule has 0 aliphatic heterocycles. The van der Waals surface area contributed by atoms with Crippen molar-refractivity contribution in [1.29, 1.82) is 0 Å². The summed E-state index contributed by atoms with van der Waals surface area (Å²) in [5.41, 5.74) is 5.53. The third-order valence-electron chi connectivity index (χ3n) is 4.17. The Morgan fingerprint density at radius 3 is 2.00 bits per heavy atom. The Labute approximate surface area is 87.9 Å². The first-order valence-electron chi connectivity index (χ1n) is 5.80. The number of hydrogen-bond donors (Lipinski definition) is 2. The van der Waals surface area contributed by atoms with Gasteiger partial charge in [-0.15, -0.1) is 0 Å². The lowest BCUT2D eigenvalue weighted by molar-refractivity contribution is -0.0413. The molecule has 0 saturated heterocycles. The summed E-state index contributed by atoms with van der Waals surface area (Å²) in [7, 11) is 0. The summed E-state index contributed by atoms with van der Waals surface area (Å²) in [6.45, 7) is 8.59. The predicted molar refractivity (Wildman–Crippen MR) is 60.1 cm³/mol. The average molecular weight is 199 g/mol. The second-order valence-electron chi connectivity index (χ2n) is 5.74. The molecule has 14 heavy (non-hydrogen) atoms. The number of hydrogen-bond acceptors (Lipinski definition) is 2. The molecule has 0 aromatic heterocycles. The van der Waals surface area contributed by atoms with Gasteiger partial charge in [0.15, 0.2) is 0 Å². The van der Waals surface area contributed by atoms with E-state index in [9.17, 15) is 5.11 Å². The zero-order valence-corrected chi connectivity index (χ0v) is 10.1. The SMILES string of the molecule is CCC(N)(CC)C1(O)CCC(C)(C)C1. The summed E-state index contributed by atoms with van der Waals surface area (Å²) in [5, 5.41) is 10.6. The van der Waals surface area contributed by atoms with Crippen molar-refractivity contribution in [3.05, 3.63) is 0 Å². The minimum Gasteiger partial charge on any atom is -0.388 e. The molecule has 1 unspecified atom stereocenters. The Morgan fingerprint density at radius 1 is 1.21 bits per heavy atom. The number of rotatable bonds is 3. The highest BCUT2D eigenvalue weighted by atomic mass is 16.3. The predicted octanol–water partition coefficient (Wildman–Crippen LogP) is 2.45. The van der Waals surface area contributed by atoms with E-state index in [-0.39, 0.29) is 11.0 Å². The molecule has 1 saturated carbocycles. The van der Waals surface area contributed by atoms with Gasteiger partial charge < -0.3 is 10.8 Å². The van der Waals surface area contributed by atoms with Crippen LogP contribution in [-0.4, -0.2) is 16.2 Å². The van der Waals surface area contributed by atoms with Crippen LogP contribution in [0.3, 0.4) is 0 Å². The van der Waals surface area contributed by atoms with Crippen molar-refractivity contribution >= 4 is 0 Å². The Balaban J connectivity index is 2.86. The smallest absolute Gasteiger partial charge is 0.0831 e. The molecule has 0 bridgehead atoms. The minimum atomic E-state index is -0.639. The second kappa shape index (κ2) is 3.49. The molecule has 1 rings (SSSR count). The molecule has 0 amide bonds.